The second kappa shape index (κ2) is 14.7. The number of hydrogen-bond acceptors (Lipinski definition) is 3. The molecule has 0 spiro atoms. The van der Waals surface area contributed by atoms with Crippen LogP contribution in [0, 0.1) is 0 Å². The van der Waals surface area contributed by atoms with Gasteiger partial charge in [-0.1, -0.05) is 164 Å². The van der Waals surface area contributed by atoms with E-state index in [1.54, 1.807) is 0 Å². The Labute approximate surface area is 385 Å². The van der Waals surface area contributed by atoms with Crippen LogP contribution in [0.2, 0.25) is 0 Å². The first-order chi connectivity index (χ1) is 33.2. The van der Waals surface area contributed by atoms with Crippen LogP contribution in [0.5, 0.6) is 0 Å². The zero-order chi connectivity index (χ0) is 44.0. The smallest absolute Gasteiger partial charge is 0.235 e. The summed E-state index contributed by atoms with van der Waals surface area (Å²) in [6, 6.07) is 82.2. The molecule has 0 fully saturated rings. The molecule has 0 unspecified atom stereocenters. The standard InChI is InChI=1S/C62H38N4O/c1-2-15-39(16-3-1)60-51-24-4-8-27-54(51)63-62(64-60)66-57-33-32-45(65-55-28-9-5-21-47(55)48-22-6-10-29-56(48)65)38-52(57)50-26-14-25-46(61(50)66)44-20-13-19-42(36-44)40-17-12-18-41(35-40)43-31-34-59-53(37-43)49-23-7-11-30-58(49)67-59/h1-38H. The molecule has 67 heavy (non-hydrogen) atoms. The summed E-state index contributed by atoms with van der Waals surface area (Å²) >= 11 is 0. The third-order valence-corrected chi connectivity index (χ3v) is 13.5. The third kappa shape index (κ3) is 5.88. The number of hydrogen-bond donors (Lipinski definition) is 0. The van der Waals surface area contributed by atoms with Gasteiger partial charge in [-0.25, -0.2) is 9.97 Å². The minimum atomic E-state index is 0.626. The molecular weight excluding hydrogens is 817 g/mol. The summed E-state index contributed by atoms with van der Waals surface area (Å²) in [5.74, 6) is 0.626. The Morgan fingerprint density at radius 3 is 1.66 bits per heavy atom. The van der Waals surface area contributed by atoms with Gasteiger partial charge in [0.05, 0.1) is 33.3 Å². The second-order valence-corrected chi connectivity index (χ2v) is 17.3. The van der Waals surface area contributed by atoms with Crippen LogP contribution in [0.15, 0.2) is 235 Å². The molecule has 0 saturated heterocycles. The highest BCUT2D eigenvalue weighted by atomic mass is 16.3. The predicted molar refractivity (Wildman–Crippen MR) is 277 cm³/mol. The van der Waals surface area contributed by atoms with Crippen LogP contribution < -0.4 is 0 Å². The van der Waals surface area contributed by atoms with E-state index < -0.39 is 0 Å². The molecule has 0 saturated carbocycles. The molecule has 0 amide bonds. The highest BCUT2D eigenvalue weighted by Gasteiger charge is 2.22. The van der Waals surface area contributed by atoms with E-state index in [0.717, 1.165) is 105 Å². The van der Waals surface area contributed by atoms with Crippen LogP contribution in [-0.4, -0.2) is 19.1 Å². The molecule has 5 nitrogen and oxygen atoms in total. The molecule has 5 heteroatoms. The topological polar surface area (TPSA) is 48.8 Å². The van der Waals surface area contributed by atoms with Crippen molar-refractivity contribution in [3.05, 3.63) is 231 Å². The zero-order valence-corrected chi connectivity index (χ0v) is 36.1. The third-order valence-electron chi connectivity index (χ3n) is 13.5. The summed E-state index contributed by atoms with van der Waals surface area (Å²) in [4.78, 5) is 10.8. The monoisotopic (exact) mass is 854 g/mol. The van der Waals surface area contributed by atoms with Gasteiger partial charge in [0.15, 0.2) is 0 Å². The van der Waals surface area contributed by atoms with Gasteiger partial charge < -0.3 is 8.98 Å². The number of rotatable bonds is 6. The number of furan rings is 1. The average molecular weight is 855 g/mol. The number of aromatic nitrogens is 4. The van der Waals surface area contributed by atoms with Crippen molar-refractivity contribution in [1.29, 1.82) is 0 Å². The van der Waals surface area contributed by atoms with Crippen LogP contribution in [0.1, 0.15) is 0 Å². The maximum atomic E-state index is 6.17. The van der Waals surface area contributed by atoms with Gasteiger partial charge in [0.2, 0.25) is 5.95 Å². The zero-order valence-electron chi connectivity index (χ0n) is 36.1. The summed E-state index contributed by atoms with van der Waals surface area (Å²) in [5.41, 5.74) is 17.0. The largest absolute Gasteiger partial charge is 0.456 e. The molecule has 0 bridgehead atoms. The van der Waals surface area contributed by atoms with Crippen LogP contribution in [0.4, 0.5) is 0 Å². The van der Waals surface area contributed by atoms with Crippen molar-refractivity contribution >= 4 is 76.5 Å². The Hall–Kier alpha value is -9.06. The summed E-state index contributed by atoms with van der Waals surface area (Å²) in [5, 5.41) is 7.99. The quantitative estimate of drug-likeness (QED) is 0.167. The molecule has 0 aliphatic heterocycles. The van der Waals surface area contributed by atoms with E-state index in [1.165, 1.54) is 21.8 Å². The molecule has 0 aliphatic carbocycles. The Kier molecular flexibility index (Phi) is 8.21. The molecule has 10 aromatic carbocycles. The maximum Gasteiger partial charge on any atom is 0.235 e. The van der Waals surface area contributed by atoms with Crippen LogP contribution >= 0.6 is 0 Å². The molecular formula is C62H38N4O. The van der Waals surface area contributed by atoms with Crippen molar-refractivity contribution < 1.29 is 4.42 Å². The van der Waals surface area contributed by atoms with Gasteiger partial charge >= 0.3 is 0 Å². The number of fused-ring (bicyclic) bond motifs is 10. The molecule has 312 valence electrons. The number of nitrogens with zero attached hydrogens (tertiary/aromatic N) is 4. The van der Waals surface area contributed by atoms with E-state index in [2.05, 4.69) is 221 Å². The van der Waals surface area contributed by atoms with Crippen molar-refractivity contribution in [2.45, 2.75) is 0 Å². The molecule has 0 radical (unpaired) electrons. The fourth-order valence-electron chi connectivity index (χ4n) is 10.5. The van der Waals surface area contributed by atoms with Crippen LogP contribution in [-0.2, 0) is 0 Å². The van der Waals surface area contributed by atoms with Gasteiger partial charge in [0.1, 0.15) is 11.2 Å². The SMILES string of the molecule is c1ccc(-c2nc(-n3c4ccc(-n5c6ccccc6c6ccccc65)cc4c4cccc(-c5cccc(-c6cccc(-c7ccc8oc9ccccc9c8c7)c6)c5)c43)nc3ccccc23)cc1. The Morgan fingerprint density at radius 1 is 0.313 bits per heavy atom. The van der Waals surface area contributed by atoms with Crippen LogP contribution in [0.3, 0.4) is 0 Å². The van der Waals surface area contributed by atoms with Gasteiger partial charge in [-0.3, -0.25) is 4.57 Å². The number of benzene rings is 10. The maximum absolute atomic E-state index is 6.17. The molecule has 0 N–H and O–H groups in total. The summed E-state index contributed by atoms with van der Waals surface area (Å²) in [6.45, 7) is 0. The first-order valence-electron chi connectivity index (χ1n) is 22.7. The van der Waals surface area contributed by atoms with E-state index in [1.807, 2.05) is 18.2 Å². The van der Waals surface area contributed by atoms with E-state index in [0.29, 0.717) is 5.95 Å². The van der Waals surface area contributed by atoms with Crippen molar-refractivity contribution in [1.82, 2.24) is 19.1 Å². The highest BCUT2D eigenvalue weighted by molar-refractivity contribution is 6.15. The van der Waals surface area contributed by atoms with Gasteiger partial charge in [0.25, 0.3) is 0 Å². The van der Waals surface area contributed by atoms with Crippen molar-refractivity contribution in [3.8, 4) is 56.3 Å². The van der Waals surface area contributed by atoms with Crippen molar-refractivity contribution in [3.63, 3.8) is 0 Å². The summed E-state index contributed by atoms with van der Waals surface area (Å²) < 4.78 is 10.8. The molecule has 4 aromatic heterocycles. The lowest BCUT2D eigenvalue weighted by Crippen LogP contribution is -2.04. The Balaban J connectivity index is 0.984. The van der Waals surface area contributed by atoms with E-state index in [9.17, 15) is 0 Å². The predicted octanol–water partition coefficient (Wildman–Crippen LogP) is 16.4. The fraction of sp³-hybridized carbons (Fsp3) is 0. The first-order valence-corrected chi connectivity index (χ1v) is 22.7. The minimum absolute atomic E-state index is 0.626. The van der Waals surface area contributed by atoms with Crippen molar-refractivity contribution in [2.75, 3.05) is 0 Å². The van der Waals surface area contributed by atoms with Gasteiger partial charge in [-0.05, 0) is 94.5 Å². The lowest BCUT2D eigenvalue weighted by Gasteiger charge is -2.14. The lowest BCUT2D eigenvalue weighted by atomic mass is 9.95. The highest BCUT2D eigenvalue weighted by Crippen LogP contribution is 2.42. The Morgan fingerprint density at radius 2 is 0.881 bits per heavy atom. The first kappa shape index (κ1) is 37.3. The molecule has 14 rings (SSSR count). The molecule has 14 aromatic rings. The second-order valence-electron chi connectivity index (χ2n) is 17.3. The van der Waals surface area contributed by atoms with Gasteiger partial charge in [-0.2, -0.15) is 0 Å². The van der Waals surface area contributed by atoms with Crippen LogP contribution in [0.25, 0.3) is 133 Å². The van der Waals surface area contributed by atoms with Gasteiger partial charge in [0, 0.05) is 54.5 Å². The molecule has 4 heterocycles. The summed E-state index contributed by atoms with van der Waals surface area (Å²) in [6.07, 6.45) is 0. The minimum Gasteiger partial charge on any atom is -0.456 e. The van der Waals surface area contributed by atoms with Crippen molar-refractivity contribution in [2.24, 2.45) is 0 Å². The molecule has 0 aliphatic rings. The average Bonchev–Trinajstić information content (AvgIpc) is 4.06. The number of para-hydroxylation sites is 5. The fourth-order valence-corrected chi connectivity index (χ4v) is 10.5. The van der Waals surface area contributed by atoms with Gasteiger partial charge in [-0.15, -0.1) is 0 Å². The lowest BCUT2D eigenvalue weighted by molar-refractivity contribution is 0.669. The van der Waals surface area contributed by atoms with E-state index >= 15 is 0 Å². The molecule has 0 atom stereocenters. The Bertz CT molecular complexity index is 4230. The summed E-state index contributed by atoms with van der Waals surface area (Å²) in [7, 11) is 0. The van der Waals surface area contributed by atoms with E-state index in [4.69, 9.17) is 14.4 Å². The normalized spacial score (nSPS) is 11.9. The van der Waals surface area contributed by atoms with E-state index in [-0.39, 0.29) is 0 Å².